The van der Waals surface area contributed by atoms with Crippen molar-refractivity contribution in [3.8, 4) is 11.5 Å². The third-order valence-corrected chi connectivity index (χ3v) is 4.93. The molecule has 2 unspecified atom stereocenters. The lowest BCUT2D eigenvalue weighted by Gasteiger charge is -2.34. The number of anilines is 1. The van der Waals surface area contributed by atoms with E-state index in [1.54, 1.807) is 14.2 Å². The number of methoxy groups -OCH3 is 2. The Morgan fingerprint density at radius 3 is 2.36 bits per heavy atom. The van der Waals surface area contributed by atoms with E-state index in [1.807, 2.05) is 23.1 Å². The molecule has 1 aromatic rings. The number of rotatable bonds is 5. The molecule has 1 aromatic carbocycles. The number of aliphatic hydroxyl groups excluding tert-OH is 1. The highest BCUT2D eigenvalue weighted by Gasteiger charge is 2.33. The van der Waals surface area contributed by atoms with Crippen molar-refractivity contribution in [2.75, 3.05) is 39.2 Å². The van der Waals surface area contributed by atoms with Crippen molar-refractivity contribution in [2.24, 2.45) is 0 Å². The van der Waals surface area contributed by atoms with E-state index < -0.39 is 6.10 Å². The van der Waals surface area contributed by atoms with Crippen LogP contribution in [0.3, 0.4) is 0 Å². The van der Waals surface area contributed by atoms with E-state index in [9.17, 15) is 9.90 Å². The zero-order valence-electron chi connectivity index (χ0n) is 14.8. The maximum atomic E-state index is 12.5. The number of piperidine rings is 1. The molecular formula is C18H27N3O4. The Morgan fingerprint density at radius 1 is 1.20 bits per heavy atom. The van der Waals surface area contributed by atoms with E-state index >= 15 is 0 Å². The van der Waals surface area contributed by atoms with E-state index in [1.165, 1.54) is 0 Å². The van der Waals surface area contributed by atoms with Gasteiger partial charge < -0.3 is 30.1 Å². The van der Waals surface area contributed by atoms with Gasteiger partial charge in [-0.1, -0.05) is 0 Å². The summed E-state index contributed by atoms with van der Waals surface area (Å²) in [6.07, 6.45) is 1.89. The third kappa shape index (κ3) is 4.35. The zero-order chi connectivity index (χ0) is 17.8. The highest BCUT2D eigenvalue weighted by Crippen LogP contribution is 2.27. The second kappa shape index (κ2) is 7.93. The number of hydrogen-bond acceptors (Lipinski definition) is 6. The molecule has 3 rings (SSSR count). The van der Waals surface area contributed by atoms with Gasteiger partial charge in [-0.2, -0.15) is 0 Å². The number of nitrogens with zero attached hydrogens (tertiary/aromatic N) is 1. The summed E-state index contributed by atoms with van der Waals surface area (Å²) in [6, 6.07) is 5.81. The fourth-order valence-corrected chi connectivity index (χ4v) is 3.50. The predicted octanol–water partition coefficient (Wildman–Crippen LogP) is 0.830. The molecule has 2 aliphatic rings. The summed E-state index contributed by atoms with van der Waals surface area (Å²) in [5, 5.41) is 16.2. The number of likely N-dealkylation sites (tertiary alicyclic amines) is 1. The first-order valence-electron chi connectivity index (χ1n) is 8.79. The molecule has 0 radical (unpaired) electrons. The molecule has 2 saturated heterocycles. The summed E-state index contributed by atoms with van der Waals surface area (Å²) < 4.78 is 10.6. The fraction of sp³-hybridized carbons (Fsp3) is 0.611. The largest absolute Gasteiger partial charge is 0.497 e. The van der Waals surface area contributed by atoms with Crippen LogP contribution in [0, 0.1) is 0 Å². The number of benzene rings is 1. The molecule has 0 spiro atoms. The minimum Gasteiger partial charge on any atom is -0.497 e. The molecule has 0 aromatic heterocycles. The molecule has 2 fully saturated rings. The van der Waals surface area contributed by atoms with Crippen LogP contribution in [0.4, 0.5) is 5.69 Å². The maximum Gasteiger partial charge on any atom is 0.239 e. The third-order valence-electron chi connectivity index (χ3n) is 4.93. The van der Waals surface area contributed by atoms with Gasteiger partial charge in [0, 0.05) is 49.6 Å². The second-order valence-electron chi connectivity index (χ2n) is 6.70. The molecule has 2 aliphatic heterocycles. The van der Waals surface area contributed by atoms with Gasteiger partial charge in [0.15, 0.2) is 0 Å². The summed E-state index contributed by atoms with van der Waals surface area (Å²) in [6.45, 7) is 1.96. The van der Waals surface area contributed by atoms with E-state index in [2.05, 4.69) is 10.6 Å². The molecule has 2 heterocycles. The Labute approximate surface area is 148 Å². The summed E-state index contributed by atoms with van der Waals surface area (Å²) in [4.78, 5) is 14.4. The van der Waals surface area contributed by atoms with Crippen LogP contribution >= 0.6 is 0 Å². The van der Waals surface area contributed by atoms with Crippen molar-refractivity contribution >= 4 is 11.6 Å². The average Bonchev–Trinajstić information content (AvgIpc) is 3.07. The van der Waals surface area contributed by atoms with Gasteiger partial charge in [0.1, 0.15) is 11.5 Å². The van der Waals surface area contributed by atoms with E-state index in [4.69, 9.17) is 9.47 Å². The van der Waals surface area contributed by atoms with Crippen LogP contribution in [0.25, 0.3) is 0 Å². The lowest BCUT2D eigenvalue weighted by atomic mass is 10.0. The first-order chi connectivity index (χ1) is 12.1. The Balaban J connectivity index is 1.53. The Hall–Kier alpha value is -1.99. The van der Waals surface area contributed by atoms with Crippen LogP contribution in [0.15, 0.2) is 18.2 Å². The molecule has 2 atom stereocenters. The van der Waals surface area contributed by atoms with Crippen LogP contribution in [0.2, 0.25) is 0 Å². The molecule has 7 heteroatoms. The maximum absolute atomic E-state index is 12.5. The molecule has 138 valence electrons. The van der Waals surface area contributed by atoms with E-state index in [0.29, 0.717) is 19.0 Å². The van der Waals surface area contributed by atoms with Crippen molar-refractivity contribution in [1.29, 1.82) is 0 Å². The van der Waals surface area contributed by atoms with E-state index in [0.717, 1.165) is 43.1 Å². The SMILES string of the molecule is COc1cc(NC2CCN(C(=O)C3CC(O)CN3)CC2)cc(OC)c1. The van der Waals surface area contributed by atoms with Gasteiger partial charge in [-0.25, -0.2) is 0 Å². The standard InChI is InChI=1S/C18H27N3O4/c1-24-15-7-13(8-16(10-15)25-2)20-12-3-5-21(6-4-12)18(23)17-9-14(22)11-19-17/h7-8,10,12,14,17,19-20,22H,3-6,9,11H2,1-2H3. The zero-order valence-corrected chi connectivity index (χ0v) is 14.8. The van der Waals surface area contributed by atoms with Gasteiger partial charge in [0.05, 0.1) is 26.4 Å². The van der Waals surface area contributed by atoms with Crippen LogP contribution in [0.1, 0.15) is 19.3 Å². The number of amides is 1. The number of nitrogens with one attached hydrogen (secondary N) is 2. The van der Waals surface area contributed by atoms with Crippen LogP contribution < -0.4 is 20.1 Å². The van der Waals surface area contributed by atoms with E-state index in [-0.39, 0.29) is 11.9 Å². The fourth-order valence-electron chi connectivity index (χ4n) is 3.50. The second-order valence-corrected chi connectivity index (χ2v) is 6.70. The lowest BCUT2D eigenvalue weighted by molar-refractivity contribution is -0.134. The number of hydrogen-bond donors (Lipinski definition) is 3. The molecule has 0 aliphatic carbocycles. The molecule has 25 heavy (non-hydrogen) atoms. The highest BCUT2D eigenvalue weighted by atomic mass is 16.5. The molecule has 0 bridgehead atoms. The van der Waals surface area contributed by atoms with Crippen molar-refractivity contribution in [2.45, 2.75) is 37.5 Å². The average molecular weight is 349 g/mol. The van der Waals surface area contributed by atoms with Crippen LogP contribution in [-0.2, 0) is 4.79 Å². The minimum atomic E-state index is -0.406. The van der Waals surface area contributed by atoms with Crippen molar-refractivity contribution in [3.63, 3.8) is 0 Å². The first-order valence-corrected chi connectivity index (χ1v) is 8.79. The van der Waals surface area contributed by atoms with Crippen molar-refractivity contribution in [1.82, 2.24) is 10.2 Å². The van der Waals surface area contributed by atoms with Gasteiger partial charge in [0.25, 0.3) is 0 Å². The molecule has 0 saturated carbocycles. The molecule has 7 nitrogen and oxygen atoms in total. The number of ether oxygens (including phenoxy) is 2. The molecule has 3 N–H and O–H groups in total. The summed E-state index contributed by atoms with van der Waals surface area (Å²) >= 11 is 0. The normalized spacial score (nSPS) is 24.2. The first kappa shape index (κ1) is 17.8. The Bertz CT molecular complexity index is 580. The van der Waals surface area contributed by atoms with Gasteiger partial charge in [-0.15, -0.1) is 0 Å². The smallest absolute Gasteiger partial charge is 0.239 e. The summed E-state index contributed by atoms with van der Waals surface area (Å²) in [5.41, 5.74) is 0.960. The highest BCUT2D eigenvalue weighted by molar-refractivity contribution is 5.82. The molecular weight excluding hydrogens is 322 g/mol. The number of carbonyl (C=O) groups is 1. The Morgan fingerprint density at radius 2 is 1.84 bits per heavy atom. The molecule has 1 amide bonds. The summed E-state index contributed by atoms with van der Waals surface area (Å²) in [5.74, 6) is 1.61. The topological polar surface area (TPSA) is 83.1 Å². The minimum absolute atomic E-state index is 0.109. The monoisotopic (exact) mass is 349 g/mol. The number of β-amino-alcohol motifs (C(OH)–C–C–N with tert-alkyl or cyclic N) is 1. The van der Waals surface area contributed by atoms with Gasteiger partial charge in [0.2, 0.25) is 5.91 Å². The Kier molecular flexibility index (Phi) is 5.65. The van der Waals surface area contributed by atoms with Crippen LogP contribution in [0.5, 0.6) is 11.5 Å². The van der Waals surface area contributed by atoms with Gasteiger partial charge in [-0.05, 0) is 19.3 Å². The summed E-state index contributed by atoms with van der Waals surface area (Å²) in [7, 11) is 3.27. The van der Waals surface area contributed by atoms with Gasteiger partial charge in [-0.3, -0.25) is 4.79 Å². The van der Waals surface area contributed by atoms with Crippen molar-refractivity contribution in [3.05, 3.63) is 18.2 Å². The number of carbonyl (C=O) groups excluding carboxylic acids is 1. The van der Waals surface area contributed by atoms with Crippen molar-refractivity contribution < 1.29 is 19.4 Å². The quantitative estimate of drug-likeness (QED) is 0.730. The lowest BCUT2D eigenvalue weighted by Crippen LogP contribution is -2.48. The number of aliphatic hydroxyl groups is 1. The predicted molar refractivity (Wildman–Crippen MR) is 95.2 cm³/mol. The van der Waals surface area contributed by atoms with Gasteiger partial charge >= 0.3 is 0 Å². The van der Waals surface area contributed by atoms with Crippen LogP contribution in [-0.4, -0.2) is 68.0 Å².